The van der Waals surface area contributed by atoms with Crippen LogP contribution in [0.1, 0.15) is 46.0 Å². The lowest BCUT2D eigenvalue weighted by molar-refractivity contribution is 0.265. The summed E-state index contributed by atoms with van der Waals surface area (Å²) in [6.45, 7) is 11.5. The van der Waals surface area contributed by atoms with Crippen LogP contribution in [0.25, 0.3) is 0 Å². The Morgan fingerprint density at radius 3 is 2.47 bits per heavy atom. The molecule has 1 fully saturated rings. The van der Waals surface area contributed by atoms with E-state index in [1.165, 1.54) is 31.3 Å². The maximum atomic E-state index is 6.34. The van der Waals surface area contributed by atoms with Crippen molar-refractivity contribution < 1.29 is 0 Å². The first-order chi connectivity index (χ1) is 7.06. The Morgan fingerprint density at radius 2 is 2.00 bits per heavy atom. The summed E-state index contributed by atoms with van der Waals surface area (Å²) in [6.07, 6.45) is 6.23. The topological polar surface area (TPSA) is 29.3 Å². The van der Waals surface area contributed by atoms with E-state index in [-0.39, 0.29) is 5.54 Å². The first-order valence-electron chi connectivity index (χ1n) is 6.21. The minimum atomic E-state index is 0.141. The SMILES string of the molecule is C=C(C)CN(CC)CCC1(N)CCCC1. The Morgan fingerprint density at radius 1 is 1.40 bits per heavy atom. The maximum Gasteiger partial charge on any atom is 0.0187 e. The molecule has 15 heavy (non-hydrogen) atoms. The highest BCUT2D eigenvalue weighted by atomic mass is 15.1. The summed E-state index contributed by atoms with van der Waals surface area (Å²) in [4.78, 5) is 2.44. The van der Waals surface area contributed by atoms with E-state index < -0.39 is 0 Å². The molecule has 2 heteroatoms. The second-order valence-electron chi connectivity index (χ2n) is 5.15. The van der Waals surface area contributed by atoms with E-state index in [0.29, 0.717) is 0 Å². The number of hydrogen-bond donors (Lipinski definition) is 1. The van der Waals surface area contributed by atoms with Gasteiger partial charge in [0.1, 0.15) is 0 Å². The van der Waals surface area contributed by atoms with Gasteiger partial charge in [-0.05, 0) is 32.7 Å². The minimum Gasteiger partial charge on any atom is -0.325 e. The van der Waals surface area contributed by atoms with Crippen molar-refractivity contribution >= 4 is 0 Å². The molecule has 1 rings (SSSR count). The molecule has 0 aromatic carbocycles. The van der Waals surface area contributed by atoms with E-state index >= 15 is 0 Å². The molecule has 1 saturated carbocycles. The molecule has 0 amide bonds. The molecular weight excluding hydrogens is 184 g/mol. The van der Waals surface area contributed by atoms with Gasteiger partial charge < -0.3 is 5.73 Å². The number of nitrogens with two attached hydrogens (primary N) is 1. The second-order valence-corrected chi connectivity index (χ2v) is 5.15. The summed E-state index contributed by atoms with van der Waals surface area (Å²) in [6, 6.07) is 0. The smallest absolute Gasteiger partial charge is 0.0187 e. The molecule has 1 aliphatic carbocycles. The van der Waals surface area contributed by atoms with E-state index in [9.17, 15) is 0 Å². The van der Waals surface area contributed by atoms with E-state index in [2.05, 4.69) is 25.3 Å². The van der Waals surface area contributed by atoms with Crippen molar-refractivity contribution in [1.29, 1.82) is 0 Å². The molecule has 0 aliphatic heterocycles. The molecule has 0 heterocycles. The normalized spacial score (nSPS) is 19.7. The summed E-state index contributed by atoms with van der Waals surface area (Å²) in [7, 11) is 0. The van der Waals surface area contributed by atoms with Gasteiger partial charge in [-0.25, -0.2) is 0 Å². The van der Waals surface area contributed by atoms with Gasteiger partial charge in [0.25, 0.3) is 0 Å². The Bertz CT molecular complexity index is 205. The molecule has 2 N–H and O–H groups in total. The van der Waals surface area contributed by atoms with Crippen molar-refractivity contribution in [3.05, 3.63) is 12.2 Å². The van der Waals surface area contributed by atoms with Crippen LogP contribution in [0.2, 0.25) is 0 Å². The van der Waals surface area contributed by atoms with Gasteiger partial charge in [-0.2, -0.15) is 0 Å². The molecule has 0 saturated heterocycles. The van der Waals surface area contributed by atoms with Gasteiger partial charge in [0.05, 0.1) is 0 Å². The largest absolute Gasteiger partial charge is 0.325 e. The highest BCUT2D eigenvalue weighted by Gasteiger charge is 2.29. The van der Waals surface area contributed by atoms with Crippen LogP contribution in [-0.2, 0) is 0 Å². The van der Waals surface area contributed by atoms with Crippen molar-refractivity contribution in [2.45, 2.75) is 51.5 Å². The highest BCUT2D eigenvalue weighted by molar-refractivity contribution is 4.94. The lowest BCUT2D eigenvalue weighted by Gasteiger charge is -2.28. The fourth-order valence-corrected chi connectivity index (χ4v) is 2.44. The zero-order chi connectivity index (χ0) is 11.3. The van der Waals surface area contributed by atoms with Crippen LogP contribution in [0, 0.1) is 0 Å². The van der Waals surface area contributed by atoms with Crippen LogP contribution in [0.3, 0.4) is 0 Å². The van der Waals surface area contributed by atoms with Crippen LogP contribution in [0.15, 0.2) is 12.2 Å². The molecule has 1 aliphatic rings. The van der Waals surface area contributed by atoms with Crippen LogP contribution in [-0.4, -0.2) is 30.1 Å². The lowest BCUT2D eigenvalue weighted by Crippen LogP contribution is -2.40. The second kappa shape index (κ2) is 5.66. The van der Waals surface area contributed by atoms with Crippen molar-refractivity contribution in [3.63, 3.8) is 0 Å². The Hall–Kier alpha value is -0.340. The lowest BCUT2D eigenvalue weighted by atomic mass is 9.94. The third kappa shape index (κ3) is 4.35. The van der Waals surface area contributed by atoms with Crippen LogP contribution >= 0.6 is 0 Å². The molecule has 0 atom stereocenters. The van der Waals surface area contributed by atoms with E-state index in [1.54, 1.807) is 0 Å². The highest BCUT2D eigenvalue weighted by Crippen LogP contribution is 2.30. The summed E-state index contributed by atoms with van der Waals surface area (Å²) >= 11 is 0. The van der Waals surface area contributed by atoms with Crippen molar-refractivity contribution in [3.8, 4) is 0 Å². The zero-order valence-electron chi connectivity index (χ0n) is 10.4. The van der Waals surface area contributed by atoms with Gasteiger partial charge in [0, 0.05) is 18.6 Å². The van der Waals surface area contributed by atoms with Gasteiger partial charge in [-0.15, -0.1) is 0 Å². The third-order valence-electron chi connectivity index (χ3n) is 3.47. The molecule has 0 spiro atoms. The monoisotopic (exact) mass is 210 g/mol. The standard InChI is InChI=1S/C13H26N2/c1-4-15(11-12(2)3)10-9-13(14)7-5-6-8-13/h2,4-11,14H2,1,3H3. The van der Waals surface area contributed by atoms with E-state index in [4.69, 9.17) is 5.73 Å². The fraction of sp³-hybridized carbons (Fsp3) is 0.846. The zero-order valence-corrected chi connectivity index (χ0v) is 10.4. The predicted octanol–water partition coefficient (Wildman–Crippen LogP) is 2.55. The van der Waals surface area contributed by atoms with E-state index in [1.807, 2.05) is 0 Å². The third-order valence-corrected chi connectivity index (χ3v) is 3.47. The number of hydrogen-bond acceptors (Lipinski definition) is 2. The molecule has 0 aromatic heterocycles. The quantitative estimate of drug-likeness (QED) is 0.683. The minimum absolute atomic E-state index is 0.141. The molecular formula is C13H26N2. The Kier molecular flexibility index (Phi) is 4.81. The summed E-state index contributed by atoms with van der Waals surface area (Å²) in [5.41, 5.74) is 7.73. The first kappa shape index (κ1) is 12.7. The van der Waals surface area contributed by atoms with Gasteiger partial charge in [0.2, 0.25) is 0 Å². The van der Waals surface area contributed by atoms with Crippen LogP contribution < -0.4 is 5.73 Å². The number of rotatable bonds is 6. The number of likely N-dealkylation sites (N-methyl/N-ethyl adjacent to an activating group) is 1. The Balaban J connectivity index is 2.29. The summed E-state index contributed by atoms with van der Waals surface area (Å²) < 4.78 is 0. The molecule has 2 nitrogen and oxygen atoms in total. The van der Waals surface area contributed by atoms with Gasteiger partial charge in [-0.1, -0.05) is 31.9 Å². The summed E-state index contributed by atoms with van der Waals surface area (Å²) in [5, 5.41) is 0. The Labute approximate surface area is 94.5 Å². The average Bonchev–Trinajstić information content (AvgIpc) is 2.60. The molecule has 0 unspecified atom stereocenters. The average molecular weight is 210 g/mol. The molecule has 0 radical (unpaired) electrons. The molecule has 0 bridgehead atoms. The molecule has 88 valence electrons. The summed E-state index contributed by atoms with van der Waals surface area (Å²) in [5.74, 6) is 0. The van der Waals surface area contributed by atoms with Gasteiger partial charge in [0.15, 0.2) is 0 Å². The molecule has 0 aromatic rings. The van der Waals surface area contributed by atoms with Crippen molar-refractivity contribution in [2.75, 3.05) is 19.6 Å². The van der Waals surface area contributed by atoms with Crippen LogP contribution in [0.4, 0.5) is 0 Å². The number of nitrogens with zero attached hydrogens (tertiary/aromatic N) is 1. The fourth-order valence-electron chi connectivity index (χ4n) is 2.44. The maximum absolute atomic E-state index is 6.34. The van der Waals surface area contributed by atoms with Crippen molar-refractivity contribution in [1.82, 2.24) is 4.90 Å². The van der Waals surface area contributed by atoms with Crippen LogP contribution in [0.5, 0.6) is 0 Å². The van der Waals surface area contributed by atoms with Gasteiger partial charge in [-0.3, -0.25) is 4.90 Å². The van der Waals surface area contributed by atoms with Crippen molar-refractivity contribution in [2.24, 2.45) is 5.73 Å². The van der Waals surface area contributed by atoms with E-state index in [0.717, 1.165) is 26.1 Å². The first-order valence-corrected chi connectivity index (χ1v) is 6.21. The predicted molar refractivity (Wildman–Crippen MR) is 66.9 cm³/mol. The van der Waals surface area contributed by atoms with Gasteiger partial charge >= 0.3 is 0 Å².